The third kappa shape index (κ3) is 23.2. The van der Waals surface area contributed by atoms with Crippen molar-refractivity contribution in [2.45, 2.75) is 147 Å². The van der Waals surface area contributed by atoms with E-state index in [9.17, 15) is 63.0 Å². The fraction of sp³-hybridized carbons (Fsp3) is 0.553. The molecule has 0 radical (unpaired) electrons. The van der Waals surface area contributed by atoms with E-state index in [-0.39, 0.29) is 69.1 Å². The number of benzene rings is 1. The van der Waals surface area contributed by atoms with Gasteiger partial charge in [-0.1, -0.05) is 39.8 Å². The maximum Gasteiger partial charge on any atom is 0.326 e. The van der Waals surface area contributed by atoms with Gasteiger partial charge in [0.15, 0.2) is 5.96 Å². The molecule has 29 heteroatoms. The van der Waals surface area contributed by atoms with Gasteiger partial charge in [0.05, 0.1) is 18.8 Å². The molecule has 2 aromatic rings. The molecular formula is C47H74N16O13. The predicted octanol–water partition coefficient (Wildman–Crippen LogP) is -4.87. The van der Waals surface area contributed by atoms with Gasteiger partial charge in [-0.2, -0.15) is 0 Å². The zero-order chi connectivity index (χ0) is 57.4. The number of carboxylic acid groups (broad SMARTS) is 1. The molecule has 1 aromatic carbocycles. The van der Waals surface area contributed by atoms with Crippen molar-refractivity contribution in [3.8, 4) is 5.75 Å². The monoisotopic (exact) mass is 1070 g/mol. The molecule has 420 valence electrons. The van der Waals surface area contributed by atoms with Gasteiger partial charge in [-0.15, -0.1) is 0 Å². The highest BCUT2D eigenvalue weighted by Crippen LogP contribution is 2.14. The summed E-state index contributed by atoms with van der Waals surface area (Å²) in [7, 11) is 0. The minimum Gasteiger partial charge on any atom is -0.508 e. The maximum absolute atomic E-state index is 14.2. The fourth-order valence-electron chi connectivity index (χ4n) is 7.18. The van der Waals surface area contributed by atoms with Crippen LogP contribution in [-0.2, 0) is 65.6 Å². The number of aliphatic carboxylic acids is 1. The first-order chi connectivity index (χ1) is 35.6. The average molecular weight is 1070 g/mol. The number of carbonyl (C=O) groups is 11. The van der Waals surface area contributed by atoms with Gasteiger partial charge in [0.25, 0.3) is 0 Å². The van der Waals surface area contributed by atoms with E-state index in [1.807, 2.05) is 0 Å². The number of carboxylic acids is 1. The van der Waals surface area contributed by atoms with E-state index in [0.29, 0.717) is 11.3 Å². The Bertz CT molecular complexity index is 2360. The summed E-state index contributed by atoms with van der Waals surface area (Å²) in [5.74, 6) is -11.7. The molecule has 0 aliphatic rings. The summed E-state index contributed by atoms with van der Waals surface area (Å²) in [6.45, 7) is 9.25. The third-order valence-electron chi connectivity index (χ3n) is 11.3. The summed E-state index contributed by atoms with van der Waals surface area (Å²) < 4.78 is 0. The number of guanidine groups is 1. The molecule has 1 aromatic heterocycles. The molecule has 0 aliphatic heterocycles. The zero-order valence-electron chi connectivity index (χ0n) is 43.3. The lowest BCUT2D eigenvalue weighted by molar-refractivity contribution is -0.142. The first-order valence-corrected chi connectivity index (χ1v) is 24.4. The van der Waals surface area contributed by atoms with Gasteiger partial charge in [0.1, 0.15) is 54.1 Å². The van der Waals surface area contributed by atoms with E-state index >= 15 is 0 Å². The van der Waals surface area contributed by atoms with E-state index in [1.165, 1.54) is 50.6 Å². The minimum absolute atomic E-state index is 0.0146. The smallest absolute Gasteiger partial charge is 0.326 e. The molecule has 0 saturated heterocycles. The van der Waals surface area contributed by atoms with E-state index in [2.05, 4.69) is 57.5 Å². The van der Waals surface area contributed by atoms with Crippen LogP contribution < -0.4 is 71.2 Å². The number of aliphatic imine (C=N–C) groups is 1. The Morgan fingerprint density at radius 3 is 1.66 bits per heavy atom. The number of phenolic OH excluding ortho intramolecular Hbond substituents is 1. The molecule has 0 aliphatic carbocycles. The quantitative estimate of drug-likeness (QED) is 0.0181. The number of nitrogens with zero attached hydrogens (tertiary/aromatic N) is 2. The van der Waals surface area contributed by atoms with Crippen molar-refractivity contribution >= 4 is 71.0 Å². The molecule has 0 saturated carbocycles. The number of aromatic nitrogens is 2. The molecule has 21 N–H and O–H groups in total. The van der Waals surface area contributed by atoms with Gasteiger partial charge in [-0.3, -0.25) is 52.9 Å². The Labute approximate surface area is 438 Å². The van der Waals surface area contributed by atoms with Crippen LogP contribution >= 0.6 is 0 Å². The molecule has 29 nitrogen and oxygen atoms in total. The van der Waals surface area contributed by atoms with E-state index in [0.717, 1.165) is 0 Å². The summed E-state index contributed by atoms with van der Waals surface area (Å²) in [5.41, 5.74) is 28.0. The van der Waals surface area contributed by atoms with Crippen LogP contribution in [0.3, 0.4) is 0 Å². The Kier molecular flexibility index (Phi) is 26.3. The highest BCUT2D eigenvalue weighted by Gasteiger charge is 2.36. The van der Waals surface area contributed by atoms with Crippen LogP contribution in [0.5, 0.6) is 5.75 Å². The number of carbonyl (C=O) groups excluding carboxylic acids is 10. The van der Waals surface area contributed by atoms with Crippen LogP contribution in [0.15, 0.2) is 41.8 Å². The topological polar surface area (TPSA) is 496 Å². The summed E-state index contributed by atoms with van der Waals surface area (Å²) in [6.07, 6.45) is 0.989. The molecule has 1 heterocycles. The number of rotatable bonds is 33. The average Bonchev–Trinajstić information content (AvgIpc) is 3.85. The van der Waals surface area contributed by atoms with Gasteiger partial charge >= 0.3 is 5.97 Å². The van der Waals surface area contributed by atoms with Crippen LogP contribution in [0.4, 0.5) is 0 Å². The molecule has 0 unspecified atom stereocenters. The summed E-state index contributed by atoms with van der Waals surface area (Å²) in [5, 5.41) is 39.5. The number of H-pyrrole nitrogens is 1. The van der Waals surface area contributed by atoms with Crippen molar-refractivity contribution in [3.05, 3.63) is 48.0 Å². The van der Waals surface area contributed by atoms with Crippen molar-refractivity contribution < 1.29 is 63.0 Å². The number of amides is 10. The van der Waals surface area contributed by atoms with Gasteiger partial charge in [-0.05, 0) is 69.1 Å². The first kappa shape index (κ1) is 63.7. The maximum atomic E-state index is 14.2. The first-order valence-electron chi connectivity index (χ1n) is 24.4. The highest BCUT2D eigenvalue weighted by atomic mass is 16.4. The molecule has 0 spiro atoms. The highest BCUT2D eigenvalue weighted by molar-refractivity contribution is 5.99. The van der Waals surface area contributed by atoms with Gasteiger partial charge in [-0.25, -0.2) is 9.78 Å². The summed E-state index contributed by atoms with van der Waals surface area (Å²) >= 11 is 0. The second kappa shape index (κ2) is 31.4. The number of hydrogen-bond acceptors (Lipinski definition) is 15. The Balaban J connectivity index is 2.36. The fourth-order valence-corrected chi connectivity index (χ4v) is 7.18. The van der Waals surface area contributed by atoms with Gasteiger partial charge in [0, 0.05) is 37.7 Å². The number of nitrogens with one attached hydrogen (secondary N) is 9. The molecule has 10 amide bonds. The van der Waals surface area contributed by atoms with Crippen LogP contribution in [0.25, 0.3) is 0 Å². The van der Waals surface area contributed by atoms with Gasteiger partial charge in [0.2, 0.25) is 59.1 Å². The molecule has 2 rings (SSSR count). The lowest BCUT2D eigenvalue weighted by Gasteiger charge is -2.29. The number of aromatic amines is 1. The Hall–Kier alpha value is -8.37. The second-order valence-electron chi connectivity index (χ2n) is 18.9. The molecule has 0 bridgehead atoms. The molecule has 9 atom stereocenters. The van der Waals surface area contributed by atoms with Crippen molar-refractivity contribution in [1.29, 1.82) is 0 Å². The lowest BCUT2D eigenvalue weighted by atomic mass is 10.00. The van der Waals surface area contributed by atoms with Crippen molar-refractivity contribution in [3.63, 3.8) is 0 Å². The van der Waals surface area contributed by atoms with Crippen LogP contribution in [0.2, 0.25) is 0 Å². The number of primary amides is 2. The number of aromatic hydroxyl groups is 1. The summed E-state index contributed by atoms with van der Waals surface area (Å²) in [6, 6.07) is -6.92. The van der Waals surface area contributed by atoms with Crippen molar-refractivity contribution in [1.82, 2.24) is 52.5 Å². The Morgan fingerprint density at radius 2 is 1.13 bits per heavy atom. The van der Waals surface area contributed by atoms with Crippen molar-refractivity contribution in [2.75, 3.05) is 6.54 Å². The molecular weight excluding hydrogens is 997 g/mol. The SMILES string of the molecule is CC(C)C[C@H](NC(=O)[C@H](CCCN=C(N)N)NC(=O)[C@@H](NC(=O)[C@H](C)NC(=O)[C@H](CC(N)=O)NC(=O)[C@H](CCC(N)=O)NC(=O)[C@H](C)N)C(C)C)C(=O)N[C@@H](Cc1cnc[nH]1)C(=O)N[C@@H](Cc1ccc(O)cc1)C(=O)O. The minimum atomic E-state index is -1.70. The lowest BCUT2D eigenvalue weighted by Crippen LogP contribution is -2.61. The van der Waals surface area contributed by atoms with Crippen LogP contribution in [0.1, 0.15) is 91.3 Å². The zero-order valence-corrected chi connectivity index (χ0v) is 43.3. The number of hydrogen-bond donors (Lipinski definition) is 16. The number of imidazole rings is 1. The molecule has 0 fully saturated rings. The van der Waals surface area contributed by atoms with E-state index in [4.69, 9.17) is 28.7 Å². The standard InChI is InChI=1S/C47H74N16O13/c1-22(2)16-31(43(72)60-32(18-27-20-53-21-55-27)44(73)62-34(46(75)76)17-26-9-11-28(64)12-10-26)59-40(69)29(8-7-15-54-47(51)52)58-45(74)37(23(3)4)63-39(68)25(6)56-42(71)33(19-36(50)66)61-41(70)30(13-14-35(49)65)57-38(67)24(5)48/h9-12,20-25,29-34,37,64H,7-8,13-19,48H2,1-6H3,(H2,49,65)(H2,50,66)(H,53,55)(H,56,71)(H,57,67)(H,58,74)(H,59,69)(H,60,72)(H,61,70)(H,62,73)(H,63,68)(H,75,76)(H4,51,52,54)/t24-,25-,29-,30-,31-,32-,33-,34-,37-/m0/s1. The van der Waals surface area contributed by atoms with Gasteiger partial charge < -0.3 is 86.4 Å². The molecule has 76 heavy (non-hydrogen) atoms. The normalized spacial score (nSPS) is 14.6. The third-order valence-corrected chi connectivity index (χ3v) is 11.3. The summed E-state index contributed by atoms with van der Waals surface area (Å²) in [4.78, 5) is 155. The number of nitrogens with two attached hydrogens (primary N) is 5. The van der Waals surface area contributed by atoms with E-state index < -0.39 is 132 Å². The second-order valence-corrected chi connectivity index (χ2v) is 18.9. The number of phenols is 1. The van der Waals surface area contributed by atoms with Crippen molar-refractivity contribution in [2.24, 2.45) is 45.5 Å². The predicted molar refractivity (Wildman–Crippen MR) is 273 cm³/mol. The van der Waals surface area contributed by atoms with Crippen LogP contribution in [-0.4, -0.2) is 152 Å². The largest absolute Gasteiger partial charge is 0.508 e. The van der Waals surface area contributed by atoms with E-state index in [1.54, 1.807) is 27.7 Å². The van der Waals surface area contributed by atoms with Crippen LogP contribution in [0, 0.1) is 11.8 Å². The Morgan fingerprint density at radius 1 is 0.605 bits per heavy atom.